The van der Waals surface area contributed by atoms with Gasteiger partial charge in [0.1, 0.15) is 5.75 Å². The molecule has 1 fully saturated rings. The lowest BCUT2D eigenvalue weighted by Gasteiger charge is -2.40. The SMILES string of the molecule is C[Si](C)(C)O[Si](C)(O[Si](C)(C)C)c1cc(Cl)c(Cl)c(N2CCN(CCCCOc3ccc4c(c3)NC(=O)CC4)CC2)c1. The Balaban J connectivity index is 1.30. The maximum absolute atomic E-state index is 11.7. The average Bonchev–Trinajstić information content (AvgIpc) is 2.88. The highest BCUT2D eigenvalue weighted by atomic mass is 35.5. The molecule has 4 rings (SSSR count). The Kier molecular flexibility index (Phi) is 11.0. The molecule has 0 aliphatic carbocycles. The number of rotatable bonds is 12. The molecular weight excluding hydrogens is 622 g/mol. The molecule has 1 saturated heterocycles. The average molecular weight is 669 g/mol. The van der Waals surface area contributed by atoms with Gasteiger partial charge in [-0.1, -0.05) is 29.3 Å². The number of amides is 1. The van der Waals surface area contributed by atoms with Crippen LogP contribution in [0, 0.1) is 0 Å². The van der Waals surface area contributed by atoms with Crippen LogP contribution >= 0.6 is 23.2 Å². The highest BCUT2D eigenvalue weighted by Crippen LogP contribution is 2.34. The molecule has 0 radical (unpaired) electrons. The van der Waals surface area contributed by atoms with Gasteiger partial charge in [-0.3, -0.25) is 9.69 Å². The van der Waals surface area contributed by atoms with Crippen LogP contribution in [0.2, 0.25) is 55.9 Å². The Labute approximate surface area is 265 Å². The van der Waals surface area contributed by atoms with Crippen LogP contribution in [0.4, 0.5) is 11.4 Å². The number of carbonyl (C=O) groups is 1. The zero-order valence-electron chi connectivity index (χ0n) is 26.2. The van der Waals surface area contributed by atoms with E-state index in [9.17, 15) is 4.79 Å². The van der Waals surface area contributed by atoms with Crippen molar-refractivity contribution >= 4 is 70.9 Å². The van der Waals surface area contributed by atoms with E-state index in [1.54, 1.807) is 0 Å². The van der Waals surface area contributed by atoms with Crippen LogP contribution in [0.15, 0.2) is 30.3 Å². The number of unbranched alkanes of at least 4 members (excludes halogenated alkanes) is 1. The van der Waals surface area contributed by atoms with E-state index in [4.69, 9.17) is 36.2 Å². The summed E-state index contributed by atoms with van der Waals surface area (Å²) in [6.45, 7) is 20.8. The molecule has 2 heterocycles. The highest BCUT2D eigenvalue weighted by molar-refractivity contribution is 6.94. The summed E-state index contributed by atoms with van der Waals surface area (Å²) in [5.41, 5.74) is 3.03. The summed E-state index contributed by atoms with van der Waals surface area (Å²) in [7, 11) is -6.47. The van der Waals surface area contributed by atoms with E-state index in [1.165, 1.54) is 5.56 Å². The smallest absolute Gasteiger partial charge is 0.348 e. The van der Waals surface area contributed by atoms with E-state index in [-0.39, 0.29) is 5.91 Å². The molecule has 0 unspecified atom stereocenters. The summed E-state index contributed by atoms with van der Waals surface area (Å²) in [4.78, 5) is 16.5. The summed E-state index contributed by atoms with van der Waals surface area (Å²) in [5.74, 6) is 0.886. The Morgan fingerprint density at radius 3 is 2.17 bits per heavy atom. The molecule has 1 N–H and O–H groups in total. The number of fused-ring (bicyclic) bond motifs is 1. The number of hydrogen-bond acceptors (Lipinski definition) is 6. The topological polar surface area (TPSA) is 63.3 Å². The van der Waals surface area contributed by atoms with Crippen LogP contribution in [0.3, 0.4) is 0 Å². The van der Waals surface area contributed by atoms with Gasteiger partial charge in [0.25, 0.3) is 0 Å². The normalized spacial score (nSPS) is 16.8. The minimum absolute atomic E-state index is 0.0743. The summed E-state index contributed by atoms with van der Waals surface area (Å²) < 4.78 is 19.6. The molecule has 42 heavy (non-hydrogen) atoms. The first-order chi connectivity index (χ1) is 19.6. The zero-order chi connectivity index (χ0) is 30.7. The van der Waals surface area contributed by atoms with Crippen molar-refractivity contribution in [3.05, 3.63) is 45.9 Å². The number of anilines is 2. The first kappa shape index (κ1) is 33.5. The quantitative estimate of drug-likeness (QED) is 0.198. The largest absolute Gasteiger partial charge is 0.494 e. The van der Waals surface area contributed by atoms with Crippen molar-refractivity contribution in [3.63, 3.8) is 0 Å². The van der Waals surface area contributed by atoms with E-state index >= 15 is 0 Å². The molecule has 7 nitrogen and oxygen atoms in total. The number of carbonyl (C=O) groups excluding carboxylic acids is 1. The molecule has 0 aromatic heterocycles. The van der Waals surface area contributed by atoms with E-state index in [1.807, 2.05) is 18.2 Å². The first-order valence-corrected chi connectivity index (χ1v) is 24.9. The number of ether oxygens (including phenoxy) is 1. The number of hydrogen-bond donors (Lipinski definition) is 1. The Morgan fingerprint density at radius 1 is 0.857 bits per heavy atom. The molecule has 0 saturated carbocycles. The van der Waals surface area contributed by atoms with Gasteiger partial charge in [-0.15, -0.1) is 0 Å². The fourth-order valence-corrected chi connectivity index (χ4v) is 17.8. The third-order valence-corrected chi connectivity index (χ3v) is 17.5. The summed E-state index contributed by atoms with van der Waals surface area (Å²) in [6.07, 6.45) is 3.39. The molecule has 232 valence electrons. The van der Waals surface area contributed by atoms with Crippen LogP contribution in [-0.2, 0) is 19.4 Å². The van der Waals surface area contributed by atoms with E-state index in [0.717, 1.165) is 74.3 Å². The molecule has 0 bridgehead atoms. The van der Waals surface area contributed by atoms with E-state index in [0.29, 0.717) is 23.1 Å². The zero-order valence-corrected chi connectivity index (χ0v) is 30.8. The predicted molar refractivity (Wildman–Crippen MR) is 183 cm³/mol. The summed E-state index contributed by atoms with van der Waals surface area (Å²) in [5, 5.41) is 5.16. The molecule has 0 atom stereocenters. The van der Waals surface area contributed by atoms with Crippen molar-refractivity contribution in [1.82, 2.24) is 4.90 Å². The van der Waals surface area contributed by atoms with Crippen LogP contribution in [0.5, 0.6) is 5.75 Å². The second-order valence-corrected chi connectivity index (χ2v) is 26.8. The van der Waals surface area contributed by atoms with E-state index in [2.05, 4.69) is 73.1 Å². The second-order valence-electron chi connectivity index (χ2n) is 13.4. The van der Waals surface area contributed by atoms with Gasteiger partial charge in [0.2, 0.25) is 5.91 Å². The number of piperazine rings is 1. The third kappa shape index (κ3) is 9.31. The summed E-state index contributed by atoms with van der Waals surface area (Å²) in [6, 6.07) is 10.1. The van der Waals surface area contributed by atoms with Gasteiger partial charge in [-0.05, 0) is 101 Å². The highest BCUT2D eigenvalue weighted by Gasteiger charge is 2.43. The fourth-order valence-electron chi connectivity index (χ4n) is 5.65. The monoisotopic (exact) mass is 667 g/mol. The maximum Gasteiger partial charge on any atom is 0.348 e. The van der Waals surface area contributed by atoms with Gasteiger partial charge in [0.05, 0.1) is 22.3 Å². The molecule has 2 aromatic rings. The third-order valence-electron chi connectivity index (χ3n) is 7.36. The summed E-state index contributed by atoms with van der Waals surface area (Å²) >= 11 is 13.5. The molecule has 0 spiro atoms. The minimum Gasteiger partial charge on any atom is -0.494 e. The number of halogens is 2. The number of benzene rings is 2. The molecule has 2 aromatic carbocycles. The van der Waals surface area contributed by atoms with Crippen molar-refractivity contribution < 1.29 is 17.8 Å². The lowest BCUT2D eigenvalue weighted by Crippen LogP contribution is -2.60. The fraction of sp³-hybridized carbons (Fsp3) is 0.567. The number of aryl methyl sites for hydroxylation is 1. The Bertz CT molecular complexity index is 1250. The number of nitrogens with zero attached hydrogens (tertiary/aromatic N) is 2. The van der Waals surface area contributed by atoms with Crippen LogP contribution in [-0.4, -0.2) is 75.3 Å². The molecule has 1 amide bonds. The molecule has 2 aliphatic rings. The lowest BCUT2D eigenvalue weighted by atomic mass is 10.0. The van der Waals surface area contributed by atoms with Gasteiger partial charge in [0, 0.05) is 44.4 Å². The van der Waals surface area contributed by atoms with Gasteiger partial charge in [-0.2, -0.15) is 0 Å². The van der Waals surface area contributed by atoms with Crippen LogP contribution < -0.4 is 20.1 Å². The minimum atomic E-state index is -2.71. The van der Waals surface area contributed by atoms with Crippen LogP contribution in [0.25, 0.3) is 0 Å². The van der Waals surface area contributed by atoms with Crippen molar-refractivity contribution in [1.29, 1.82) is 0 Å². The van der Waals surface area contributed by atoms with Crippen LogP contribution in [0.1, 0.15) is 24.8 Å². The van der Waals surface area contributed by atoms with Gasteiger partial charge in [0.15, 0.2) is 16.6 Å². The van der Waals surface area contributed by atoms with Crippen molar-refractivity contribution in [2.24, 2.45) is 0 Å². The molecular formula is C30H47Cl2N3O4Si3. The predicted octanol–water partition coefficient (Wildman–Crippen LogP) is 6.84. The standard InChI is InChI=1S/C30H47Cl2N3O4Si3/c1-40(2,3)38-42(7,39-41(4,5)6)25-21-26(31)30(32)28(22-25)35-17-15-34(16-18-35)14-8-9-19-37-24-12-10-23-11-13-29(36)33-27(23)20-24/h10,12,20-22H,8-9,11,13-19H2,1-7H3,(H,33,36). The Hall–Kier alpha value is -1.38. The van der Waals surface area contributed by atoms with E-state index < -0.39 is 25.2 Å². The van der Waals surface area contributed by atoms with Crippen molar-refractivity contribution in [2.75, 3.05) is 49.5 Å². The maximum atomic E-state index is 11.7. The molecule has 2 aliphatic heterocycles. The van der Waals surface area contributed by atoms with Gasteiger partial charge in [-0.25, -0.2) is 0 Å². The van der Waals surface area contributed by atoms with Crippen molar-refractivity contribution in [3.8, 4) is 5.75 Å². The second kappa shape index (κ2) is 13.7. The first-order valence-electron chi connectivity index (χ1n) is 15.0. The van der Waals surface area contributed by atoms with Gasteiger partial charge < -0.3 is 23.2 Å². The van der Waals surface area contributed by atoms with Crippen molar-refractivity contribution in [2.45, 2.75) is 71.5 Å². The lowest BCUT2D eigenvalue weighted by molar-refractivity contribution is -0.116. The number of nitrogens with one attached hydrogen (secondary N) is 1. The van der Waals surface area contributed by atoms with Gasteiger partial charge >= 0.3 is 8.56 Å². The Morgan fingerprint density at radius 2 is 1.52 bits per heavy atom. The molecule has 12 heteroatoms.